The number of carbonyl (C=O) groups is 2. The maximum atomic E-state index is 13.0. The van der Waals surface area contributed by atoms with E-state index in [1.54, 1.807) is 13.4 Å². The number of thiophene rings is 1. The van der Waals surface area contributed by atoms with Crippen molar-refractivity contribution >= 4 is 55.1 Å². The van der Waals surface area contributed by atoms with Gasteiger partial charge in [0.1, 0.15) is 10.6 Å². The molecule has 2 amide bonds. The molecule has 2 heterocycles. The fraction of sp³-hybridized carbons (Fsp3) is 0.391. The molecule has 0 aliphatic heterocycles. The molecule has 0 unspecified atom stereocenters. The lowest BCUT2D eigenvalue weighted by molar-refractivity contribution is -0.115. The molecule has 0 saturated carbocycles. The molecule has 4 rings (SSSR count). The van der Waals surface area contributed by atoms with Crippen LogP contribution in [0.4, 0.5) is 5.00 Å². The van der Waals surface area contributed by atoms with E-state index < -0.39 is 0 Å². The first-order chi connectivity index (χ1) is 15.1. The predicted molar refractivity (Wildman–Crippen MR) is 126 cm³/mol. The highest BCUT2D eigenvalue weighted by Gasteiger charge is 2.26. The van der Waals surface area contributed by atoms with E-state index in [-0.39, 0.29) is 18.2 Å². The lowest BCUT2D eigenvalue weighted by Gasteiger charge is -2.13. The molecule has 8 heteroatoms. The number of ether oxygens (including phenoxy) is 1. The number of carbonyl (C=O) groups excluding carboxylic acids is 2. The number of hydrogen-bond acceptors (Lipinski definition) is 5. The summed E-state index contributed by atoms with van der Waals surface area (Å²) in [4.78, 5) is 27.1. The van der Waals surface area contributed by atoms with Crippen LogP contribution in [-0.2, 0) is 28.8 Å². The average molecular weight is 505 g/mol. The Morgan fingerprint density at radius 2 is 2.10 bits per heavy atom. The quantitative estimate of drug-likeness (QED) is 0.419. The predicted octanol–water partition coefficient (Wildman–Crippen LogP) is 5.08. The second-order valence-electron chi connectivity index (χ2n) is 7.64. The van der Waals surface area contributed by atoms with Crippen molar-refractivity contribution in [2.45, 2.75) is 38.5 Å². The van der Waals surface area contributed by atoms with E-state index in [0.717, 1.165) is 58.7 Å². The molecule has 3 aromatic rings. The van der Waals surface area contributed by atoms with Crippen LogP contribution < -0.4 is 10.6 Å². The van der Waals surface area contributed by atoms with Gasteiger partial charge in [-0.15, -0.1) is 11.3 Å². The Balaban J connectivity index is 1.52. The van der Waals surface area contributed by atoms with E-state index in [1.165, 1.54) is 16.2 Å². The number of aryl methyl sites for hydroxylation is 1. The van der Waals surface area contributed by atoms with E-state index in [1.807, 2.05) is 18.2 Å². The van der Waals surface area contributed by atoms with Crippen LogP contribution in [0.5, 0.6) is 0 Å². The Labute approximate surface area is 193 Å². The summed E-state index contributed by atoms with van der Waals surface area (Å²) in [5, 5.41) is 7.54. The molecule has 2 N–H and O–H groups in total. The number of furan rings is 1. The number of nitrogens with one attached hydrogen (secondary N) is 2. The number of hydrogen-bond donors (Lipinski definition) is 2. The van der Waals surface area contributed by atoms with Crippen molar-refractivity contribution in [1.29, 1.82) is 0 Å². The molecule has 1 aromatic carbocycles. The van der Waals surface area contributed by atoms with Crippen molar-refractivity contribution < 1.29 is 18.7 Å². The molecule has 31 heavy (non-hydrogen) atoms. The van der Waals surface area contributed by atoms with Gasteiger partial charge in [0.15, 0.2) is 0 Å². The lowest BCUT2D eigenvalue weighted by Crippen LogP contribution is -2.27. The maximum Gasteiger partial charge on any atom is 0.254 e. The maximum absolute atomic E-state index is 13.0. The van der Waals surface area contributed by atoms with Gasteiger partial charge in [-0.2, -0.15) is 0 Å². The second-order valence-corrected chi connectivity index (χ2v) is 9.66. The monoisotopic (exact) mass is 504 g/mol. The van der Waals surface area contributed by atoms with E-state index in [0.29, 0.717) is 23.7 Å². The van der Waals surface area contributed by atoms with Crippen LogP contribution in [-0.4, -0.2) is 32.1 Å². The molecule has 0 radical (unpaired) electrons. The topological polar surface area (TPSA) is 80.6 Å². The highest BCUT2D eigenvalue weighted by molar-refractivity contribution is 9.10. The fourth-order valence-electron chi connectivity index (χ4n) is 3.94. The molecule has 0 saturated heterocycles. The average Bonchev–Trinajstić information content (AvgIpc) is 3.31. The van der Waals surface area contributed by atoms with Crippen LogP contribution in [0.25, 0.3) is 11.0 Å². The van der Waals surface area contributed by atoms with Crippen molar-refractivity contribution in [2.24, 2.45) is 0 Å². The minimum Gasteiger partial charge on any atom is -0.464 e. The zero-order valence-corrected chi connectivity index (χ0v) is 19.8. The smallest absolute Gasteiger partial charge is 0.254 e. The molecule has 2 aromatic heterocycles. The SMILES string of the molecule is COCCCNC(=O)c1c(NC(=O)Cc2coc3ccc(Br)cc23)sc2c1CCCC2. The highest BCUT2D eigenvalue weighted by Crippen LogP contribution is 2.38. The number of fused-ring (bicyclic) bond motifs is 2. The van der Waals surface area contributed by atoms with Crippen molar-refractivity contribution in [3.8, 4) is 0 Å². The van der Waals surface area contributed by atoms with Crippen molar-refractivity contribution in [2.75, 3.05) is 25.6 Å². The zero-order chi connectivity index (χ0) is 21.8. The van der Waals surface area contributed by atoms with E-state index in [2.05, 4.69) is 26.6 Å². The van der Waals surface area contributed by atoms with Gasteiger partial charge >= 0.3 is 0 Å². The largest absolute Gasteiger partial charge is 0.464 e. The van der Waals surface area contributed by atoms with Gasteiger partial charge in [-0.25, -0.2) is 0 Å². The van der Waals surface area contributed by atoms with E-state index in [4.69, 9.17) is 9.15 Å². The third-order valence-corrected chi connectivity index (χ3v) is 7.13. The normalized spacial score (nSPS) is 13.2. The molecular formula is C23H25BrN2O4S. The van der Waals surface area contributed by atoms with Crippen LogP contribution in [0.15, 0.2) is 33.4 Å². The Kier molecular flexibility index (Phi) is 7.09. The molecular weight excluding hydrogens is 480 g/mol. The molecule has 6 nitrogen and oxygen atoms in total. The van der Waals surface area contributed by atoms with Gasteiger partial charge in [-0.3, -0.25) is 9.59 Å². The van der Waals surface area contributed by atoms with Crippen LogP contribution in [0, 0.1) is 0 Å². The Bertz CT molecular complexity index is 1100. The zero-order valence-electron chi connectivity index (χ0n) is 17.4. The first kappa shape index (κ1) is 22.0. The summed E-state index contributed by atoms with van der Waals surface area (Å²) in [6.07, 6.45) is 6.58. The van der Waals surface area contributed by atoms with Gasteiger partial charge in [0.25, 0.3) is 5.91 Å². The summed E-state index contributed by atoms with van der Waals surface area (Å²) in [6, 6.07) is 5.73. The minimum absolute atomic E-state index is 0.122. The molecule has 0 bridgehead atoms. The third kappa shape index (κ3) is 5.02. The summed E-state index contributed by atoms with van der Waals surface area (Å²) in [5.74, 6) is -0.279. The summed E-state index contributed by atoms with van der Waals surface area (Å²) in [7, 11) is 1.65. The van der Waals surface area contributed by atoms with Gasteiger partial charge in [0.2, 0.25) is 5.91 Å². The number of methoxy groups -OCH3 is 1. The van der Waals surface area contributed by atoms with Crippen LogP contribution in [0.3, 0.4) is 0 Å². The number of benzene rings is 1. The summed E-state index contributed by atoms with van der Waals surface area (Å²) >= 11 is 5.00. The Hall–Kier alpha value is -2.16. The molecule has 0 atom stereocenters. The van der Waals surface area contributed by atoms with Crippen molar-refractivity contribution in [3.05, 3.63) is 50.5 Å². The number of halogens is 1. The van der Waals surface area contributed by atoms with Gasteiger partial charge < -0.3 is 19.8 Å². The Morgan fingerprint density at radius 3 is 2.94 bits per heavy atom. The highest BCUT2D eigenvalue weighted by atomic mass is 79.9. The van der Waals surface area contributed by atoms with Crippen molar-refractivity contribution in [1.82, 2.24) is 5.32 Å². The van der Waals surface area contributed by atoms with E-state index in [9.17, 15) is 9.59 Å². The third-order valence-electron chi connectivity index (χ3n) is 5.43. The second kappa shape index (κ2) is 9.97. The molecule has 1 aliphatic rings. The number of amides is 2. The molecule has 1 aliphatic carbocycles. The van der Waals surface area contributed by atoms with Gasteiger partial charge in [0, 0.05) is 40.6 Å². The van der Waals surface area contributed by atoms with Crippen molar-refractivity contribution in [3.63, 3.8) is 0 Å². The minimum atomic E-state index is -0.158. The first-order valence-electron chi connectivity index (χ1n) is 10.4. The van der Waals surface area contributed by atoms with Crippen LogP contribution >= 0.6 is 27.3 Å². The Morgan fingerprint density at radius 1 is 1.26 bits per heavy atom. The summed E-state index contributed by atoms with van der Waals surface area (Å²) < 4.78 is 11.6. The van der Waals surface area contributed by atoms with Crippen LogP contribution in [0.1, 0.15) is 45.6 Å². The standard InChI is InChI=1S/C23H25BrN2O4S/c1-29-10-4-9-25-22(28)21-16-5-2-3-6-19(16)31-23(21)26-20(27)11-14-13-30-18-8-7-15(24)12-17(14)18/h7-8,12-13H,2-6,9-11H2,1H3,(H,25,28)(H,26,27). The molecule has 0 spiro atoms. The number of anilines is 1. The summed E-state index contributed by atoms with van der Waals surface area (Å²) in [5.41, 5.74) is 3.29. The van der Waals surface area contributed by atoms with Gasteiger partial charge in [0.05, 0.1) is 18.2 Å². The first-order valence-corrected chi connectivity index (χ1v) is 12.0. The molecule has 164 valence electrons. The lowest BCUT2D eigenvalue weighted by atomic mass is 9.95. The van der Waals surface area contributed by atoms with Crippen LogP contribution in [0.2, 0.25) is 0 Å². The van der Waals surface area contributed by atoms with E-state index >= 15 is 0 Å². The number of rotatable bonds is 8. The van der Waals surface area contributed by atoms with Gasteiger partial charge in [-0.1, -0.05) is 15.9 Å². The van der Waals surface area contributed by atoms with Gasteiger partial charge in [-0.05, 0) is 55.9 Å². The fourth-order valence-corrected chi connectivity index (χ4v) is 5.60. The summed E-state index contributed by atoms with van der Waals surface area (Å²) in [6.45, 7) is 1.14. The molecule has 0 fully saturated rings.